The van der Waals surface area contributed by atoms with E-state index in [1.807, 2.05) is 0 Å². The Morgan fingerprint density at radius 2 is 1.76 bits per heavy atom. The van der Waals surface area contributed by atoms with Gasteiger partial charge in [0.2, 0.25) is 0 Å². The molecule has 0 bridgehead atoms. The molecule has 0 spiro atoms. The molecule has 2 aliphatic carbocycles. The maximum absolute atomic E-state index is 5.85. The zero-order valence-corrected chi connectivity index (χ0v) is 13.3. The maximum atomic E-state index is 5.85. The van der Waals surface area contributed by atoms with Crippen LogP contribution in [0.25, 0.3) is 0 Å². The molecule has 0 aliphatic heterocycles. The van der Waals surface area contributed by atoms with Crippen LogP contribution >= 0.6 is 0 Å². The normalized spacial score (nSPS) is 21.2. The van der Waals surface area contributed by atoms with Crippen molar-refractivity contribution < 1.29 is 4.74 Å². The van der Waals surface area contributed by atoms with E-state index in [1.54, 1.807) is 0 Å². The van der Waals surface area contributed by atoms with Crippen molar-refractivity contribution in [2.45, 2.75) is 70.4 Å². The van der Waals surface area contributed by atoms with Crippen LogP contribution in [-0.2, 0) is 0 Å². The Hall–Kier alpha value is -1.02. The lowest BCUT2D eigenvalue weighted by molar-refractivity contribution is 0.298. The second kappa shape index (κ2) is 7.31. The van der Waals surface area contributed by atoms with Crippen LogP contribution in [0.2, 0.25) is 0 Å². The van der Waals surface area contributed by atoms with Crippen LogP contribution in [0.5, 0.6) is 5.75 Å². The van der Waals surface area contributed by atoms with E-state index in [1.165, 1.54) is 56.9 Å². The van der Waals surface area contributed by atoms with E-state index < -0.39 is 0 Å². The van der Waals surface area contributed by atoms with Crippen molar-refractivity contribution in [3.05, 3.63) is 29.8 Å². The smallest absolute Gasteiger partial charge is 0.119 e. The molecule has 3 rings (SSSR count). The summed E-state index contributed by atoms with van der Waals surface area (Å²) in [4.78, 5) is 0. The van der Waals surface area contributed by atoms with Crippen LogP contribution in [-0.4, -0.2) is 12.6 Å². The summed E-state index contributed by atoms with van der Waals surface area (Å²) in [6, 6.07) is 9.33. The first-order valence-corrected chi connectivity index (χ1v) is 8.85. The fraction of sp³-hybridized carbons (Fsp3) is 0.684. The molecule has 0 aromatic heterocycles. The molecule has 2 fully saturated rings. The minimum atomic E-state index is 0.489. The fourth-order valence-electron chi connectivity index (χ4n) is 3.50. The van der Waals surface area contributed by atoms with Gasteiger partial charge in [-0.05, 0) is 49.4 Å². The Labute approximate surface area is 129 Å². The molecule has 2 nitrogen and oxygen atoms in total. The van der Waals surface area contributed by atoms with Gasteiger partial charge in [0.1, 0.15) is 5.75 Å². The van der Waals surface area contributed by atoms with E-state index in [4.69, 9.17) is 4.74 Å². The second-order valence-electron chi connectivity index (χ2n) is 6.74. The minimum absolute atomic E-state index is 0.489. The SMILES string of the molecule is CCNC(CC1CCCCC1)c1ccc(OC2CC2)cc1. The molecular formula is C19H29NO. The van der Waals surface area contributed by atoms with Gasteiger partial charge in [-0.25, -0.2) is 0 Å². The van der Waals surface area contributed by atoms with Crippen molar-refractivity contribution in [1.82, 2.24) is 5.32 Å². The molecule has 0 amide bonds. The molecule has 2 heteroatoms. The van der Waals surface area contributed by atoms with Gasteiger partial charge in [-0.15, -0.1) is 0 Å². The molecule has 0 radical (unpaired) electrons. The van der Waals surface area contributed by atoms with Crippen LogP contribution in [0.15, 0.2) is 24.3 Å². The molecule has 2 saturated carbocycles. The first-order valence-electron chi connectivity index (χ1n) is 8.85. The third kappa shape index (κ3) is 4.47. The Kier molecular flexibility index (Phi) is 5.18. The Morgan fingerprint density at radius 3 is 2.38 bits per heavy atom. The second-order valence-corrected chi connectivity index (χ2v) is 6.74. The largest absolute Gasteiger partial charge is 0.490 e. The van der Waals surface area contributed by atoms with E-state index in [0.29, 0.717) is 12.1 Å². The molecule has 1 aromatic carbocycles. The lowest BCUT2D eigenvalue weighted by atomic mass is 9.83. The van der Waals surface area contributed by atoms with Crippen LogP contribution in [0.1, 0.15) is 69.9 Å². The van der Waals surface area contributed by atoms with Gasteiger partial charge in [-0.3, -0.25) is 0 Å². The highest BCUT2D eigenvalue weighted by Crippen LogP contribution is 2.33. The highest BCUT2D eigenvalue weighted by atomic mass is 16.5. The summed E-state index contributed by atoms with van der Waals surface area (Å²) in [6.07, 6.45) is 11.4. The molecule has 1 unspecified atom stereocenters. The number of hydrogen-bond donors (Lipinski definition) is 1. The summed E-state index contributed by atoms with van der Waals surface area (Å²) in [7, 11) is 0. The van der Waals surface area contributed by atoms with Crippen molar-refractivity contribution in [3.8, 4) is 5.75 Å². The molecule has 21 heavy (non-hydrogen) atoms. The third-order valence-corrected chi connectivity index (χ3v) is 4.85. The van der Waals surface area contributed by atoms with E-state index >= 15 is 0 Å². The van der Waals surface area contributed by atoms with Gasteiger partial charge >= 0.3 is 0 Å². The lowest BCUT2D eigenvalue weighted by Crippen LogP contribution is -2.24. The predicted octanol–water partition coefficient (Wildman–Crippen LogP) is 4.85. The molecule has 1 atom stereocenters. The van der Waals surface area contributed by atoms with Crippen LogP contribution in [0.4, 0.5) is 0 Å². The van der Waals surface area contributed by atoms with Crippen molar-refractivity contribution in [3.63, 3.8) is 0 Å². The monoisotopic (exact) mass is 287 g/mol. The molecular weight excluding hydrogens is 258 g/mol. The summed E-state index contributed by atoms with van der Waals surface area (Å²) in [5.74, 6) is 1.94. The topological polar surface area (TPSA) is 21.3 Å². The molecule has 1 N–H and O–H groups in total. The number of rotatable bonds is 7. The summed E-state index contributed by atoms with van der Waals surface area (Å²) >= 11 is 0. The quantitative estimate of drug-likeness (QED) is 0.774. The highest BCUT2D eigenvalue weighted by molar-refractivity contribution is 5.29. The average molecular weight is 287 g/mol. The van der Waals surface area contributed by atoms with Gasteiger partial charge < -0.3 is 10.1 Å². The molecule has 1 aromatic rings. The van der Waals surface area contributed by atoms with E-state index in [9.17, 15) is 0 Å². The van der Waals surface area contributed by atoms with E-state index in [-0.39, 0.29) is 0 Å². The van der Waals surface area contributed by atoms with Gasteiger partial charge in [0.05, 0.1) is 6.10 Å². The number of ether oxygens (including phenoxy) is 1. The standard InChI is InChI=1S/C19H29NO/c1-2-20-19(14-15-6-4-3-5-7-15)16-8-10-17(11-9-16)21-18-12-13-18/h8-11,15,18-20H,2-7,12-14H2,1H3. The Balaban J connectivity index is 1.61. The first kappa shape index (κ1) is 14.9. The molecule has 0 heterocycles. The maximum Gasteiger partial charge on any atom is 0.119 e. The number of benzene rings is 1. The Morgan fingerprint density at radius 1 is 1.05 bits per heavy atom. The van der Waals surface area contributed by atoms with Gasteiger partial charge in [0.25, 0.3) is 0 Å². The van der Waals surface area contributed by atoms with Gasteiger partial charge in [-0.1, -0.05) is 51.2 Å². The zero-order valence-electron chi connectivity index (χ0n) is 13.3. The van der Waals surface area contributed by atoms with Gasteiger partial charge in [0.15, 0.2) is 0 Å². The number of hydrogen-bond acceptors (Lipinski definition) is 2. The molecule has 116 valence electrons. The van der Waals surface area contributed by atoms with Crippen LogP contribution < -0.4 is 10.1 Å². The van der Waals surface area contributed by atoms with Gasteiger partial charge in [-0.2, -0.15) is 0 Å². The number of nitrogens with one attached hydrogen (secondary N) is 1. The fourth-order valence-corrected chi connectivity index (χ4v) is 3.50. The summed E-state index contributed by atoms with van der Waals surface area (Å²) in [5, 5.41) is 3.68. The predicted molar refractivity (Wildman–Crippen MR) is 87.7 cm³/mol. The summed E-state index contributed by atoms with van der Waals surface area (Å²) in [5.41, 5.74) is 1.42. The summed E-state index contributed by atoms with van der Waals surface area (Å²) in [6.45, 7) is 3.25. The first-order chi connectivity index (χ1) is 10.3. The van der Waals surface area contributed by atoms with Crippen molar-refractivity contribution in [2.75, 3.05) is 6.54 Å². The van der Waals surface area contributed by atoms with Crippen LogP contribution in [0, 0.1) is 5.92 Å². The van der Waals surface area contributed by atoms with Gasteiger partial charge in [0, 0.05) is 6.04 Å². The summed E-state index contributed by atoms with van der Waals surface area (Å²) < 4.78 is 5.85. The lowest BCUT2D eigenvalue weighted by Gasteiger charge is -2.27. The highest BCUT2D eigenvalue weighted by Gasteiger charge is 2.24. The zero-order chi connectivity index (χ0) is 14.5. The van der Waals surface area contributed by atoms with Crippen molar-refractivity contribution in [1.29, 1.82) is 0 Å². The Bertz CT molecular complexity index is 418. The third-order valence-electron chi connectivity index (χ3n) is 4.85. The van der Waals surface area contributed by atoms with E-state index in [2.05, 4.69) is 36.5 Å². The average Bonchev–Trinajstić information content (AvgIpc) is 3.33. The minimum Gasteiger partial charge on any atom is -0.490 e. The van der Waals surface area contributed by atoms with Crippen molar-refractivity contribution >= 4 is 0 Å². The molecule has 0 saturated heterocycles. The van der Waals surface area contributed by atoms with Crippen LogP contribution in [0.3, 0.4) is 0 Å². The van der Waals surface area contributed by atoms with E-state index in [0.717, 1.165) is 18.2 Å². The molecule has 2 aliphatic rings. The van der Waals surface area contributed by atoms with Crippen molar-refractivity contribution in [2.24, 2.45) is 5.92 Å².